The molecule has 0 aliphatic carbocycles. The largest absolute Gasteiger partial charge is 0.496 e. The number of nitrogens with zero attached hydrogens (tertiary/aromatic N) is 2. The molecule has 3 heterocycles. The van der Waals surface area contributed by atoms with E-state index in [-0.39, 0.29) is 18.0 Å². The van der Waals surface area contributed by atoms with E-state index >= 15 is 0 Å². The van der Waals surface area contributed by atoms with Gasteiger partial charge in [0.25, 0.3) is 0 Å². The molecular formula is C21H21F2N3O3. The number of rotatable bonds is 5. The van der Waals surface area contributed by atoms with Gasteiger partial charge in [0.05, 0.1) is 19.9 Å². The number of halogens is 2. The lowest BCUT2D eigenvalue weighted by Gasteiger charge is -2.30. The summed E-state index contributed by atoms with van der Waals surface area (Å²) in [6.07, 6.45) is 2.71. The maximum atomic E-state index is 14.8. The van der Waals surface area contributed by atoms with Crippen LogP contribution >= 0.6 is 0 Å². The average molecular weight is 401 g/mol. The molecule has 0 unspecified atom stereocenters. The van der Waals surface area contributed by atoms with E-state index in [1.54, 1.807) is 0 Å². The van der Waals surface area contributed by atoms with Crippen molar-refractivity contribution in [3.63, 3.8) is 0 Å². The van der Waals surface area contributed by atoms with Gasteiger partial charge in [-0.25, -0.2) is 13.8 Å². The highest BCUT2D eigenvalue weighted by molar-refractivity contribution is 5.95. The van der Waals surface area contributed by atoms with Crippen molar-refractivity contribution in [3.8, 4) is 16.9 Å². The third-order valence-electron chi connectivity index (χ3n) is 5.45. The van der Waals surface area contributed by atoms with Crippen LogP contribution in [-0.2, 0) is 4.79 Å². The molecule has 2 aromatic heterocycles. The summed E-state index contributed by atoms with van der Waals surface area (Å²) in [5.74, 6) is -1.29. The molecule has 3 aromatic rings. The smallest absolute Gasteiger partial charge is 0.317 e. The Balaban J connectivity index is 1.70. The average Bonchev–Trinajstić information content (AvgIpc) is 3.12. The van der Waals surface area contributed by atoms with E-state index in [1.807, 2.05) is 11.0 Å². The zero-order chi connectivity index (χ0) is 20.5. The van der Waals surface area contributed by atoms with Gasteiger partial charge in [0.2, 0.25) is 0 Å². The first-order chi connectivity index (χ1) is 14.0. The summed E-state index contributed by atoms with van der Waals surface area (Å²) < 4.78 is 33.9. The molecule has 1 aliphatic rings. The molecule has 29 heavy (non-hydrogen) atoms. The van der Waals surface area contributed by atoms with Gasteiger partial charge in [0.1, 0.15) is 23.0 Å². The van der Waals surface area contributed by atoms with Gasteiger partial charge in [0.15, 0.2) is 0 Å². The number of ether oxygens (including phenoxy) is 1. The lowest BCUT2D eigenvalue weighted by molar-refractivity contribution is -0.138. The monoisotopic (exact) mass is 401 g/mol. The number of hydrogen-bond donors (Lipinski definition) is 2. The van der Waals surface area contributed by atoms with Gasteiger partial charge in [0, 0.05) is 28.1 Å². The molecule has 1 aromatic carbocycles. The van der Waals surface area contributed by atoms with Crippen LogP contribution in [0.1, 0.15) is 24.5 Å². The molecule has 4 rings (SSSR count). The van der Waals surface area contributed by atoms with Crippen LogP contribution in [0.25, 0.3) is 22.2 Å². The molecule has 1 saturated heterocycles. The Morgan fingerprint density at radius 1 is 1.31 bits per heavy atom. The quantitative estimate of drug-likeness (QED) is 0.680. The number of aliphatic carboxylic acids is 1. The van der Waals surface area contributed by atoms with Crippen molar-refractivity contribution < 1.29 is 23.4 Å². The number of carboxylic acid groups (broad SMARTS) is 1. The number of carbonyl (C=O) groups is 1. The summed E-state index contributed by atoms with van der Waals surface area (Å²) in [6.45, 7) is 1.40. The van der Waals surface area contributed by atoms with Crippen LogP contribution in [0.15, 0.2) is 30.5 Å². The molecule has 0 atom stereocenters. The third-order valence-corrected chi connectivity index (χ3v) is 5.45. The van der Waals surface area contributed by atoms with E-state index in [1.165, 1.54) is 25.3 Å². The van der Waals surface area contributed by atoms with Crippen molar-refractivity contribution in [1.29, 1.82) is 0 Å². The van der Waals surface area contributed by atoms with E-state index in [9.17, 15) is 13.6 Å². The predicted octanol–water partition coefficient (Wildman–Crippen LogP) is 3.78. The topological polar surface area (TPSA) is 78.5 Å². The summed E-state index contributed by atoms with van der Waals surface area (Å²) in [7, 11) is 1.46. The number of aromatic amines is 1. The van der Waals surface area contributed by atoms with Gasteiger partial charge in [-0.15, -0.1) is 0 Å². The van der Waals surface area contributed by atoms with E-state index < -0.39 is 17.6 Å². The molecule has 1 aliphatic heterocycles. The molecule has 1 fully saturated rings. The normalized spacial score (nSPS) is 15.7. The molecule has 0 radical (unpaired) electrons. The van der Waals surface area contributed by atoms with Crippen LogP contribution in [0, 0.1) is 11.6 Å². The number of piperidine rings is 1. The summed E-state index contributed by atoms with van der Waals surface area (Å²) in [4.78, 5) is 20.2. The van der Waals surface area contributed by atoms with E-state index in [0.29, 0.717) is 35.4 Å². The summed E-state index contributed by atoms with van der Waals surface area (Å²) in [5, 5.41) is 9.51. The number of benzene rings is 1. The first-order valence-corrected chi connectivity index (χ1v) is 9.41. The second-order valence-corrected chi connectivity index (χ2v) is 7.26. The number of methoxy groups -OCH3 is 1. The lowest BCUT2D eigenvalue weighted by atomic mass is 9.93. The Morgan fingerprint density at radius 3 is 2.76 bits per heavy atom. The number of pyridine rings is 1. The van der Waals surface area contributed by atoms with Gasteiger partial charge in [-0.3, -0.25) is 9.69 Å². The van der Waals surface area contributed by atoms with Crippen LogP contribution in [0.5, 0.6) is 5.75 Å². The number of likely N-dealkylation sites (tertiary alicyclic amines) is 1. The Bertz CT molecular complexity index is 1060. The van der Waals surface area contributed by atoms with Gasteiger partial charge >= 0.3 is 5.97 Å². The fourth-order valence-electron chi connectivity index (χ4n) is 4.03. The fourth-order valence-corrected chi connectivity index (χ4v) is 4.03. The van der Waals surface area contributed by atoms with E-state index in [0.717, 1.165) is 24.7 Å². The van der Waals surface area contributed by atoms with Crippen LogP contribution in [0.2, 0.25) is 0 Å². The molecule has 6 nitrogen and oxygen atoms in total. The molecule has 0 spiro atoms. The third kappa shape index (κ3) is 3.80. The predicted molar refractivity (Wildman–Crippen MR) is 104 cm³/mol. The zero-order valence-corrected chi connectivity index (χ0v) is 15.9. The van der Waals surface area contributed by atoms with Crippen molar-refractivity contribution >= 4 is 17.0 Å². The van der Waals surface area contributed by atoms with Crippen molar-refractivity contribution in [1.82, 2.24) is 14.9 Å². The molecule has 8 heteroatoms. The second kappa shape index (κ2) is 7.79. The van der Waals surface area contributed by atoms with Gasteiger partial charge in [-0.05, 0) is 50.2 Å². The first-order valence-electron chi connectivity index (χ1n) is 9.41. The molecule has 2 N–H and O–H groups in total. The Hall–Kier alpha value is -3.00. The first kappa shape index (κ1) is 19.3. The molecule has 0 amide bonds. The number of carboxylic acids is 1. The molecule has 0 saturated carbocycles. The lowest BCUT2D eigenvalue weighted by Crippen LogP contribution is -2.36. The minimum absolute atomic E-state index is 0.0374. The number of fused-ring (bicyclic) bond motifs is 1. The SMILES string of the molecule is COc1ccc(F)cc1-c1c(F)cnc2[nH]c(C3CCN(CC(=O)O)CC3)cc12. The Labute approximate surface area is 166 Å². The van der Waals surface area contributed by atoms with Gasteiger partial charge in [-0.1, -0.05) is 0 Å². The molecule has 152 valence electrons. The summed E-state index contributed by atoms with van der Waals surface area (Å²) in [6, 6.07) is 5.87. The number of nitrogens with one attached hydrogen (secondary N) is 1. The minimum atomic E-state index is -0.831. The maximum Gasteiger partial charge on any atom is 0.317 e. The van der Waals surface area contributed by atoms with Crippen LogP contribution in [-0.4, -0.2) is 52.7 Å². The molecular weight excluding hydrogens is 380 g/mol. The Morgan fingerprint density at radius 2 is 2.07 bits per heavy atom. The maximum absolute atomic E-state index is 14.8. The van der Waals surface area contributed by atoms with Crippen molar-refractivity contribution in [2.45, 2.75) is 18.8 Å². The summed E-state index contributed by atoms with van der Waals surface area (Å²) >= 11 is 0. The molecule has 0 bridgehead atoms. The standard InChI is InChI=1S/C21H21F2N3O3/c1-29-18-3-2-13(22)8-14(18)20-15-9-17(25-21(15)24-10-16(20)23)12-4-6-26(7-5-12)11-19(27)28/h2-3,8-10,12H,4-7,11H2,1H3,(H,24,25)(H,27,28). The van der Waals surface area contributed by atoms with E-state index in [2.05, 4.69) is 9.97 Å². The fraction of sp³-hybridized carbons (Fsp3) is 0.333. The van der Waals surface area contributed by atoms with Crippen LogP contribution in [0.4, 0.5) is 8.78 Å². The number of aromatic nitrogens is 2. The highest BCUT2D eigenvalue weighted by Crippen LogP contribution is 2.39. The Kier molecular flexibility index (Phi) is 5.19. The minimum Gasteiger partial charge on any atom is -0.496 e. The van der Waals surface area contributed by atoms with Crippen LogP contribution < -0.4 is 4.74 Å². The van der Waals surface area contributed by atoms with Crippen molar-refractivity contribution in [3.05, 3.63) is 47.8 Å². The van der Waals surface area contributed by atoms with Gasteiger partial charge in [-0.2, -0.15) is 0 Å². The zero-order valence-electron chi connectivity index (χ0n) is 15.9. The number of hydrogen-bond acceptors (Lipinski definition) is 4. The summed E-state index contributed by atoms with van der Waals surface area (Å²) in [5.41, 5.74) is 2.02. The van der Waals surface area contributed by atoms with E-state index in [4.69, 9.17) is 9.84 Å². The van der Waals surface area contributed by atoms with Gasteiger partial charge < -0.3 is 14.8 Å². The van der Waals surface area contributed by atoms with Crippen molar-refractivity contribution in [2.75, 3.05) is 26.7 Å². The highest BCUT2D eigenvalue weighted by atomic mass is 19.1. The highest BCUT2D eigenvalue weighted by Gasteiger charge is 2.25. The van der Waals surface area contributed by atoms with Crippen LogP contribution in [0.3, 0.4) is 0 Å². The van der Waals surface area contributed by atoms with Crippen molar-refractivity contribution in [2.24, 2.45) is 0 Å². The second-order valence-electron chi connectivity index (χ2n) is 7.26. The number of H-pyrrole nitrogens is 1.